The molecule has 1 unspecified atom stereocenters. The Labute approximate surface area is 133 Å². The Hall–Kier alpha value is -1.66. The summed E-state index contributed by atoms with van der Waals surface area (Å²) in [5, 5.41) is 3.50. The lowest BCUT2D eigenvalue weighted by atomic mass is 9.89. The quantitative estimate of drug-likeness (QED) is 0.913. The molecule has 1 atom stereocenters. The maximum Gasteiger partial charge on any atom is 0.293 e. The van der Waals surface area contributed by atoms with Crippen molar-refractivity contribution in [3.05, 3.63) is 34.2 Å². The first kappa shape index (κ1) is 15.2. The van der Waals surface area contributed by atoms with E-state index in [2.05, 4.69) is 17.2 Å². The van der Waals surface area contributed by atoms with E-state index in [0.29, 0.717) is 17.5 Å². The van der Waals surface area contributed by atoms with Crippen LogP contribution in [0.2, 0.25) is 0 Å². The first-order chi connectivity index (χ1) is 10.7. The molecule has 1 aliphatic rings. The molecule has 0 saturated heterocycles. The Balaban J connectivity index is 1.68. The van der Waals surface area contributed by atoms with Crippen LogP contribution in [0.25, 0.3) is 0 Å². The zero-order valence-corrected chi connectivity index (χ0v) is 13.7. The molecule has 0 aromatic carbocycles. The molecular formula is C16H20N2O3S. The van der Waals surface area contributed by atoms with Gasteiger partial charge in [0.2, 0.25) is 0 Å². The zero-order chi connectivity index (χ0) is 15.5. The fourth-order valence-electron chi connectivity index (χ4n) is 2.72. The summed E-state index contributed by atoms with van der Waals surface area (Å²) in [4.78, 5) is 18.0. The van der Waals surface area contributed by atoms with Crippen LogP contribution in [-0.2, 0) is 24.2 Å². The molecule has 0 fully saturated rings. The van der Waals surface area contributed by atoms with Crippen molar-refractivity contribution in [3.63, 3.8) is 0 Å². The van der Waals surface area contributed by atoms with E-state index in [1.165, 1.54) is 17.7 Å². The summed E-state index contributed by atoms with van der Waals surface area (Å²) in [7, 11) is 1.59. The summed E-state index contributed by atoms with van der Waals surface area (Å²) >= 11 is 1.59. The van der Waals surface area contributed by atoms with Crippen molar-refractivity contribution in [3.8, 4) is 0 Å². The second-order valence-corrected chi connectivity index (χ2v) is 6.64. The van der Waals surface area contributed by atoms with Crippen LogP contribution in [0.15, 0.2) is 16.5 Å². The van der Waals surface area contributed by atoms with Crippen molar-refractivity contribution in [2.45, 2.75) is 39.2 Å². The lowest BCUT2D eigenvalue weighted by Crippen LogP contribution is -2.12. The second kappa shape index (κ2) is 6.62. The van der Waals surface area contributed by atoms with E-state index in [0.717, 1.165) is 24.5 Å². The summed E-state index contributed by atoms with van der Waals surface area (Å²) in [5.74, 6) is 1.40. The van der Waals surface area contributed by atoms with Crippen LogP contribution < -0.4 is 5.32 Å². The molecule has 0 saturated carbocycles. The molecule has 22 heavy (non-hydrogen) atoms. The topological polar surface area (TPSA) is 64.4 Å². The number of furan rings is 1. The van der Waals surface area contributed by atoms with E-state index < -0.39 is 0 Å². The highest BCUT2D eigenvalue weighted by Gasteiger charge is 2.22. The van der Waals surface area contributed by atoms with Crippen molar-refractivity contribution in [2.24, 2.45) is 5.92 Å². The standard InChI is InChI=1S/C16H20N2O3S/c1-3-10-4-6-12-14(8-10)22-16(17-12)18-15(19)13-7-5-11(21-13)9-20-2/h5,7,10H,3-4,6,8-9H2,1-2H3,(H,17,18,19). The highest BCUT2D eigenvalue weighted by Crippen LogP contribution is 2.33. The molecule has 0 bridgehead atoms. The van der Waals surface area contributed by atoms with Crippen LogP contribution in [0.1, 0.15) is 46.7 Å². The average molecular weight is 320 g/mol. The van der Waals surface area contributed by atoms with Crippen molar-refractivity contribution in [1.29, 1.82) is 0 Å². The molecule has 118 valence electrons. The zero-order valence-electron chi connectivity index (χ0n) is 12.8. The number of fused-ring (bicyclic) bond motifs is 1. The van der Waals surface area contributed by atoms with Crippen LogP contribution in [0, 0.1) is 5.92 Å². The third-order valence-corrected chi connectivity index (χ3v) is 5.05. The largest absolute Gasteiger partial charge is 0.453 e. The molecule has 2 aromatic rings. The molecule has 2 aromatic heterocycles. The maximum absolute atomic E-state index is 12.2. The van der Waals surface area contributed by atoms with Crippen molar-refractivity contribution < 1.29 is 13.9 Å². The number of thiazole rings is 1. The number of carbonyl (C=O) groups excluding carboxylic acids is 1. The van der Waals surface area contributed by atoms with Gasteiger partial charge in [0, 0.05) is 12.0 Å². The van der Waals surface area contributed by atoms with Gasteiger partial charge in [-0.15, -0.1) is 11.3 Å². The highest BCUT2D eigenvalue weighted by molar-refractivity contribution is 7.15. The molecule has 6 heteroatoms. The lowest BCUT2D eigenvalue weighted by molar-refractivity contribution is 0.0987. The number of rotatable bonds is 5. The molecule has 0 radical (unpaired) electrons. The number of nitrogens with one attached hydrogen (secondary N) is 1. The van der Waals surface area contributed by atoms with E-state index in [9.17, 15) is 4.79 Å². The number of hydrogen-bond acceptors (Lipinski definition) is 5. The minimum absolute atomic E-state index is 0.263. The first-order valence-electron chi connectivity index (χ1n) is 7.57. The fraction of sp³-hybridized carbons (Fsp3) is 0.500. The van der Waals surface area contributed by atoms with Crippen LogP contribution in [0.5, 0.6) is 0 Å². The van der Waals surface area contributed by atoms with E-state index in [4.69, 9.17) is 9.15 Å². The molecule has 0 aliphatic heterocycles. The van der Waals surface area contributed by atoms with Crippen molar-refractivity contribution >= 4 is 22.4 Å². The molecule has 1 amide bonds. The summed E-state index contributed by atoms with van der Waals surface area (Å²) in [6.07, 6.45) is 4.49. The van der Waals surface area contributed by atoms with Gasteiger partial charge in [0.25, 0.3) is 5.91 Å². The van der Waals surface area contributed by atoms with Crippen molar-refractivity contribution in [2.75, 3.05) is 12.4 Å². The Morgan fingerprint density at radius 3 is 3.18 bits per heavy atom. The fourth-order valence-corrected chi connectivity index (χ4v) is 3.84. The molecule has 0 spiro atoms. The Kier molecular flexibility index (Phi) is 4.59. The number of anilines is 1. The van der Waals surface area contributed by atoms with Crippen molar-refractivity contribution in [1.82, 2.24) is 4.98 Å². The molecule has 3 rings (SSSR count). The van der Waals surface area contributed by atoms with E-state index in [1.54, 1.807) is 30.6 Å². The number of amides is 1. The number of aryl methyl sites for hydroxylation is 1. The van der Waals surface area contributed by atoms with Crippen LogP contribution in [0.3, 0.4) is 0 Å². The third-order valence-electron chi connectivity index (χ3n) is 4.01. The number of aromatic nitrogens is 1. The predicted molar refractivity (Wildman–Crippen MR) is 85.3 cm³/mol. The van der Waals surface area contributed by atoms with Gasteiger partial charge >= 0.3 is 0 Å². The second-order valence-electron chi connectivity index (χ2n) is 5.56. The summed E-state index contributed by atoms with van der Waals surface area (Å²) < 4.78 is 10.4. The maximum atomic E-state index is 12.2. The SMILES string of the molecule is CCC1CCc2nc(NC(=O)c3ccc(COC)o3)sc2C1. The van der Waals surface area contributed by atoms with E-state index >= 15 is 0 Å². The number of hydrogen-bond donors (Lipinski definition) is 1. The number of nitrogens with zero attached hydrogens (tertiary/aromatic N) is 1. The number of methoxy groups -OCH3 is 1. The van der Waals surface area contributed by atoms with Gasteiger partial charge in [-0.05, 0) is 37.3 Å². The molecule has 5 nitrogen and oxygen atoms in total. The Morgan fingerprint density at radius 2 is 2.41 bits per heavy atom. The lowest BCUT2D eigenvalue weighted by Gasteiger charge is -2.18. The average Bonchev–Trinajstić information content (AvgIpc) is 3.12. The summed E-state index contributed by atoms with van der Waals surface area (Å²) in [5.41, 5.74) is 1.14. The van der Waals surface area contributed by atoms with Crippen LogP contribution in [-0.4, -0.2) is 18.0 Å². The molecule has 2 heterocycles. The monoisotopic (exact) mass is 320 g/mol. The molecular weight excluding hydrogens is 300 g/mol. The summed E-state index contributed by atoms with van der Waals surface area (Å²) in [6, 6.07) is 3.40. The van der Waals surface area contributed by atoms with Gasteiger partial charge in [0.15, 0.2) is 10.9 Å². The minimum Gasteiger partial charge on any atom is -0.453 e. The smallest absolute Gasteiger partial charge is 0.293 e. The minimum atomic E-state index is -0.263. The number of ether oxygens (including phenoxy) is 1. The van der Waals surface area contributed by atoms with Gasteiger partial charge in [-0.25, -0.2) is 4.98 Å². The van der Waals surface area contributed by atoms with Gasteiger partial charge in [0.05, 0.1) is 5.69 Å². The predicted octanol–water partition coefficient (Wildman–Crippen LogP) is 3.65. The summed E-state index contributed by atoms with van der Waals surface area (Å²) in [6.45, 7) is 2.59. The number of carbonyl (C=O) groups is 1. The van der Waals surface area contributed by atoms with Gasteiger partial charge < -0.3 is 9.15 Å². The van der Waals surface area contributed by atoms with Crippen LogP contribution >= 0.6 is 11.3 Å². The van der Waals surface area contributed by atoms with Gasteiger partial charge in [0.1, 0.15) is 12.4 Å². The van der Waals surface area contributed by atoms with Crippen LogP contribution in [0.4, 0.5) is 5.13 Å². The van der Waals surface area contributed by atoms with E-state index in [-0.39, 0.29) is 11.7 Å². The van der Waals surface area contributed by atoms with Gasteiger partial charge in [-0.1, -0.05) is 13.3 Å². The van der Waals surface area contributed by atoms with Gasteiger partial charge in [-0.3, -0.25) is 10.1 Å². The Bertz CT molecular complexity index is 662. The Morgan fingerprint density at radius 1 is 1.55 bits per heavy atom. The van der Waals surface area contributed by atoms with E-state index in [1.807, 2.05) is 0 Å². The molecule has 1 aliphatic carbocycles. The molecule has 1 N–H and O–H groups in total. The highest BCUT2D eigenvalue weighted by atomic mass is 32.1. The third kappa shape index (κ3) is 3.23. The normalized spacial score (nSPS) is 17.3. The first-order valence-corrected chi connectivity index (χ1v) is 8.38. The van der Waals surface area contributed by atoms with Gasteiger partial charge in [-0.2, -0.15) is 0 Å².